The number of rotatable bonds is 15. The van der Waals surface area contributed by atoms with Crippen molar-refractivity contribution in [3.05, 3.63) is 96.1 Å². The topological polar surface area (TPSA) is 215 Å². The Bertz CT molecular complexity index is 2050. The van der Waals surface area contributed by atoms with E-state index in [1.165, 1.54) is 48.5 Å². The summed E-state index contributed by atoms with van der Waals surface area (Å²) in [7, 11) is -3.43. The second kappa shape index (κ2) is 21.5. The number of hydrogen-bond donors (Lipinski definition) is 1. The largest absolute Gasteiger partial charge is 1.00 e. The van der Waals surface area contributed by atoms with Gasteiger partial charge in [0.15, 0.2) is 19.7 Å². The average molecular weight is 782 g/mol. The summed E-state index contributed by atoms with van der Waals surface area (Å²) in [5, 5.41) is 18.4. The molecule has 4 rings (SSSR count). The van der Waals surface area contributed by atoms with E-state index in [4.69, 9.17) is 33.7 Å². The van der Waals surface area contributed by atoms with Crippen LogP contribution < -0.4 is 48.5 Å². The van der Waals surface area contributed by atoms with E-state index in [0.717, 1.165) is 12.5 Å². The van der Waals surface area contributed by atoms with Gasteiger partial charge in [-0.2, -0.15) is 5.26 Å². The molecule has 0 aromatic heterocycles. The fourth-order valence-corrected chi connectivity index (χ4v) is 5.63. The normalized spacial score (nSPS) is 11.9. The fourth-order valence-electron chi connectivity index (χ4n) is 4.37. The van der Waals surface area contributed by atoms with Gasteiger partial charge >= 0.3 is 35.5 Å². The molecule has 0 spiro atoms. The summed E-state index contributed by atoms with van der Waals surface area (Å²) in [6.45, 7) is 4.41. The van der Waals surface area contributed by atoms with E-state index < -0.39 is 25.6 Å². The molecule has 0 fully saturated rings. The van der Waals surface area contributed by atoms with Crippen LogP contribution in [0.4, 0.5) is 0 Å². The Morgan fingerprint density at radius 3 is 1.38 bits per heavy atom. The minimum atomic E-state index is -3.30. The van der Waals surface area contributed by atoms with Gasteiger partial charge < -0.3 is 39.0 Å². The monoisotopic (exact) mass is 781 g/mol. The van der Waals surface area contributed by atoms with E-state index in [2.05, 4.69) is 6.07 Å². The summed E-state index contributed by atoms with van der Waals surface area (Å²) < 4.78 is 78.7. The number of carboxylic acid groups (broad SMARTS) is 1. The summed E-state index contributed by atoms with van der Waals surface area (Å²) in [6, 6.07) is 23.1. The molecule has 4 aromatic rings. The quantitative estimate of drug-likeness (QED) is 0.172. The third-order valence-electron chi connectivity index (χ3n) is 6.59. The molecule has 2 N–H and O–H groups in total. The molecule has 17 heteroatoms. The molecule has 0 heterocycles. The molecule has 2 atom stereocenters. The van der Waals surface area contributed by atoms with Crippen molar-refractivity contribution in [3.8, 4) is 40.6 Å². The molecule has 0 aliphatic carbocycles. The number of benzene rings is 4. The summed E-state index contributed by atoms with van der Waals surface area (Å²) in [5.74, 6) is 1.22. The number of carbonyl (C=O) groups is 1. The Balaban J connectivity index is 0.000000511. The van der Waals surface area contributed by atoms with Crippen LogP contribution in [0, 0.1) is 11.3 Å². The van der Waals surface area contributed by atoms with Crippen LogP contribution in [0.15, 0.2) is 94.7 Å². The van der Waals surface area contributed by atoms with E-state index in [1.54, 1.807) is 57.5 Å². The maximum atomic E-state index is 11.5. The maximum absolute atomic E-state index is 11.5. The first-order valence-corrected chi connectivity index (χ1v) is 19.0. The second-order valence-corrected chi connectivity index (χ2v) is 15.3. The second-order valence-electron chi connectivity index (χ2n) is 11.3. The van der Waals surface area contributed by atoms with Crippen LogP contribution in [-0.2, 0) is 29.1 Å². The first-order chi connectivity index (χ1) is 24.0. The van der Waals surface area contributed by atoms with E-state index in [0.29, 0.717) is 47.5 Å². The van der Waals surface area contributed by atoms with E-state index >= 15 is 0 Å². The smallest absolute Gasteiger partial charge is 0.870 e. The number of methoxy groups -OCH3 is 2. The Labute approximate surface area is 331 Å². The molecule has 2 unspecified atom stereocenters. The minimum Gasteiger partial charge on any atom is -0.870 e. The van der Waals surface area contributed by atoms with Gasteiger partial charge in [-0.3, -0.25) is 0 Å². The number of carboxylic acids is 1. The van der Waals surface area contributed by atoms with Gasteiger partial charge in [0.25, 0.3) is 0 Å². The van der Waals surface area contributed by atoms with Crippen molar-refractivity contribution in [3.63, 3.8) is 0 Å². The number of ether oxygens (including phenoxy) is 6. The van der Waals surface area contributed by atoms with Gasteiger partial charge in [-0.1, -0.05) is 0 Å². The molecular weight excluding hydrogens is 742 g/mol. The maximum Gasteiger partial charge on any atom is 1.00 e. The predicted molar refractivity (Wildman–Crippen MR) is 190 cm³/mol. The Morgan fingerprint density at radius 2 is 1.02 bits per heavy atom. The van der Waals surface area contributed by atoms with Crippen LogP contribution in [0.3, 0.4) is 0 Å². The molecule has 0 radical (unpaired) electrons. The molecular formula is C36H40NNaO13S2. The Hall–Kier alpha value is -4.18. The zero-order chi connectivity index (χ0) is 37.8. The first kappa shape index (κ1) is 46.8. The van der Waals surface area contributed by atoms with Crippen LogP contribution in [0.5, 0.6) is 34.5 Å². The van der Waals surface area contributed by atoms with Gasteiger partial charge in [0, 0.05) is 38.9 Å². The molecule has 4 aromatic carbocycles. The predicted octanol–water partition coefficient (Wildman–Crippen LogP) is 2.99. The van der Waals surface area contributed by atoms with Gasteiger partial charge in [0.05, 0.1) is 40.2 Å². The third kappa shape index (κ3) is 15.8. The van der Waals surface area contributed by atoms with Crippen LogP contribution in [0.1, 0.15) is 29.8 Å². The van der Waals surface area contributed by atoms with Crippen molar-refractivity contribution in [2.24, 2.45) is 0 Å². The zero-order valence-electron chi connectivity index (χ0n) is 30.3. The molecule has 0 saturated carbocycles. The molecule has 280 valence electrons. The van der Waals surface area contributed by atoms with Crippen LogP contribution >= 0.6 is 0 Å². The van der Waals surface area contributed by atoms with Crippen molar-refractivity contribution in [2.45, 2.75) is 35.8 Å². The standard InChI is InChI=1S/C18H19NO5S.C18H20O7S.Na.H2O/c1-13(12-22-2)23-16-8-14(11-19)9-17(10-16)24-15-4-6-18(7-5-15)25(3,20)21;1-12(11-23-2)24-15-8-13(18(19)20)9-16(10-15)25-14-4-6-17(7-5-14)26(3,21)22;;/h4-10,13H,12H2,1-3H3;4-10,12H,11H2,1-3H3,(H,19,20);;1H2/q;;+1;/p-1. The van der Waals surface area contributed by atoms with E-state index in [9.17, 15) is 26.7 Å². The number of hydrogen-bond acceptors (Lipinski definition) is 13. The first-order valence-electron chi connectivity index (χ1n) is 15.2. The number of aromatic carboxylic acids is 1. The van der Waals surface area contributed by atoms with Crippen molar-refractivity contribution in [1.82, 2.24) is 0 Å². The van der Waals surface area contributed by atoms with Crippen molar-refractivity contribution >= 4 is 25.6 Å². The van der Waals surface area contributed by atoms with Crippen LogP contribution in [0.2, 0.25) is 0 Å². The Morgan fingerprint density at radius 1 is 0.660 bits per heavy atom. The molecule has 0 bridgehead atoms. The van der Waals surface area contributed by atoms with Crippen LogP contribution in [-0.4, -0.2) is 85.5 Å². The third-order valence-corrected chi connectivity index (χ3v) is 8.85. The Kier molecular flexibility index (Phi) is 19.0. The van der Waals surface area contributed by atoms with E-state index in [1.807, 2.05) is 6.92 Å². The summed E-state index contributed by atoms with van der Waals surface area (Å²) in [5.41, 5.74) is 0.403. The number of nitriles is 1. The van der Waals surface area contributed by atoms with Gasteiger partial charge in [-0.25, -0.2) is 21.6 Å². The van der Waals surface area contributed by atoms with Crippen LogP contribution in [0.25, 0.3) is 0 Å². The SMILES string of the molecule is COCC(C)Oc1cc(C#N)cc(Oc2ccc(S(C)(=O)=O)cc2)c1.COCC(C)Oc1cc(Oc2ccc(S(C)(=O)=O)cc2)cc(C(=O)O)c1.[Na+].[OH-]. The summed E-state index contributed by atoms with van der Waals surface area (Å²) >= 11 is 0. The van der Waals surface area contributed by atoms with Gasteiger partial charge in [0.2, 0.25) is 0 Å². The molecule has 0 amide bonds. The van der Waals surface area contributed by atoms with Gasteiger partial charge in [-0.05, 0) is 86.6 Å². The molecule has 0 saturated heterocycles. The fraction of sp³-hybridized carbons (Fsp3) is 0.278. The average Bonchev–Trinajstić information content (AvgIpc) is 3.04. The van der Waals surface area contributed by atoms with Crippen molar-refractivity contribution < 1.29 is 90.2 Å². The molecule has 53 heavy (non-hydrogen) atoms. The number of sulfone groups is 2. The molecule has 0 aliphatic heterocycles. The minimum absolute atomic E-state index is 0. The van der Waals surface area contributed by atoms with Gasteiger partial charge in [-0.15, -0.1) is 0 Å². The zero-order valence-corrected chi connectivity index (χ0v) is 33.9. The van der Waals surface area contributed by atoms with E-state index in [-0.39, 0.29) is 68.3 Å². The number of nitrogens with zero attached hydrogens (tertiary/aromatic N) is 1. The molecule has 0 aliphatic rings. The summed E-state index contributed by atoms with van der Waals surface area (Å²) in [6.07, 6.45) is 1.81. The summed E-state index contributed by atoms with van der Waals surface area (Å²) in [4.78, 5) is 11.7. The van der Waals surface area contributed by atoms with Gasteiger partial charge in [0.1, 0.15) is 46.7 Å². The van der Waals surface area contributed by atoms with Crippen molar-refractivity contribution in [1.29, 1.82) is 5.26 Å². The van der Waals surface area contributed by atoms with Crippen molar-refractivity contribution in [2.75, 3.05) is 39.9 Å². The molecule has 14 nitrogen and oxygen atoms in total.